The van der Waals surface area contributed by atoms with E-state index in [4.69, 9.17) is 0 Å². The van der Waals surface area contributed by atoms with Gasteiger partial charge in [-0.05, 0) is 69.6 Å². The summed E-state index contributed by atoms with van der Waals surface area (Å²) in [6.45, 7) is 11.0. The van der Waals surface area contributed by atoms with E-state index in [1.54, 1.807) is 9.80 Å². The van der Waals surface area contributed by atoms with Crippen LogP contribution in [-0.4, -0.2) is 93.8 Å². The van der Waals surface area contributed by atoms with Crippen molar-refractivity contribution in [2.45, 2.75) is 50.2 Å². The van der Waals surface area contributed by atoms with Crippen molar-refractivity contribution in [3.63, 3.8) is 0 Å². The van der Waals surface area contributed by atoms with Gasteiger partial charge in [-0.15, -0.1) is 11.8 Å². The zero-order valence-corrected chi connectivity index (χ0v) is 26.5. The molecule has 13 heteroatoms. The molecule has 7 nitrogen and oxygen atoms in total. The Bertz CT molecular complexity index is 1660. The fourth-order valence-electron chi connectivity index (χ4n) is 6.98. The number of piperidine rings is 1. The summed E-state index contributed by atoms with van der Waals surface area (Å²) in [5.41, 5.74) is -0.788. The molecule has 0 aromatic heterocycles. The van der Waals surface area contributed by atoms with Crippen molar-refractivity contribution in [3.8, 4) is 11.1 Å². The normalized spacial score (nSPS) is 21.0. The lowest BCUT2D eigenvalue weighted by Crippen LogP contribution is -2.56. The molecule has 3 amide bonds. The van der Waals surface area contributed by atoms with E-state index in [-0.39, 0.29) is 59.3 Å². The van der Waals surface area contributed by atoms with E-state index in [0.29, 0.717) is 18.4 Å². The maximum absolute atomic E-state index is 15.3. The Morgan fingerprint density at radius 3 is 2.50 bits per heavy atom. The second-order valence-corrected chi connectivity index (χ2v) is 13.2. The summed E-state index contributed by atoms with van der Waals surface area (Å²) in [5.74, 6) is -1.69. The van der Waals surface area contributed by atoms with Crippen molar-refractivity contribution in [1.82, 2.24) is 14.7 Å². The molecule has 1 atom stereocenters. The number of alkyl halides is 3. The predicted molar refractivity (Wildman–Crippen MR) is 167 cm³/mol. The number of halogens is 5. The van der Waals surface area contributed by atoms with Crippen molar-refractivity contribution < 1.29 is 36.1 Å². The van der Waals surface area contributed by atoms with Crippen molar-refractivity contribution >= 4 is 40.9 Å². The Balaban J connectivity index is 1.54. The number of thioether (sulfide) groups is 1. The van der Waals surface area contributed by atoms with Crippen molar-refractivity contribution in [2.75, 3.05) is 45.0 Å². The third-order valence-electron chi connectivity index (χ3n) is 9.38. The summed E-state index contributed by atoms with van der Waals surface area (Å²) in [7, 11) is 0. The zero-order valence-electron chi connectivity index (χ0n) is 25.7. The fraction of sp³-hybridized carbons (Fsp3) is 0.455. The molecule has 0 bridgehead atoms. The SMILES string of the molecule is C=CC(=O)N1CCN(C2=NC(=O)[N+]3=C(CC4CCN(CC)CC4)CSc4c(-c5ccc(F)cc5F)c(C(F)(F)F)cc2c43)[C@@H](C)C1. The number of benzene rings is 2. The van der Waals surface area contributed by atoms with Crippen molar-refractivity contribution in [1.29, 1.82) is 0 Å². The molecule has 2 aromatic rings. The quantitative estimate of drug-likeness (QED) is 0.207. The second kappa shape index (κ2) is 12.6. The number of amidine groups is 1. The monoisotopic (exact) mass is 660 g/mol. The molecule has 2 saturated heterocycles. The van der Waals surface area contributed by atoms with Crippen LogP contribution < -0.4 is 0 Å². The molecular formula is C33H35F5N5O2S+. The first-order valence-corrected chi connectivity index (χ1v) is 16.4. The van der Waals surface area contributed by atoms with Gasteiger partial charge in [-0.25, -0.2) is 8.78 Å². The van der Waals surface area contributed by atoms with Gasteiger partial charge >= 0.3 is 12.2 Å². The molecule has 4 heterocycles. The molecule has 2 aromatic carbocycles. The average Bonchev–Trinajstić information content (AvgIpc) is 3.02. The highest BCUT2D eigenvalue weighted by molar-refractivity contribution is 8.00. The van der Waals surface area contributed by atoms with E-state index in [1.807, 2.05) is 6.92 Å². The standard InChI is InChI=1S/C33H35F5N5O2S/c1-4-27(44)41-12-13-42(19(3)17-41)31-24-16-25(33(36,37)38)28(23-7-6-21(34)15-26(23)35)30-29(24)43(32(45)39-31)22(18-46-30)14-20-8-10-40(5-2)11-9-20/h4,6-7,15-16,19-20H,1,5,8-14,17-18H2,2-3H3/q+1/t19-/m0/s1. The molecule has 4 aliphatic heterocycles. The van der Waals surface area contributed by atoms with Crippen molar-refractivity contribution in [3.05, 3.63) is 59.7 Å². The average molecular weight is 661 g/mol. The minimum Gasteiger partial charge on any atom is -0.335 e. The molecular weight excluding hydrogens is 625 g/mol. The molecule has 0 saturated carbocycles. The lowest BCUT2D eigenvalue weighted by molar-refractivity contribution is -0.337. The van der Waals surface area contributed by atoms with Crippen LogP contribution in [0.15, 0.2) is 46.8 Å². The molecule has 244 valence electrons. The maximum Gasteiger partial charge on any atom is 0.546 e. The van der Waals surface area contributed by atoms with Crippen LogP contribution in [-0.2, 0) is 11.0 Å². The number of hydrogen-bond acceptors (Lipinski definition) is 5. The summed E-state index contributed by atoms with van der Waals surface area (Å²) < 4.78 is 75.3. The van der Waals surface area contributed by atoms with Crippen molar-refractivity contribution in [2.24, 2.45) is 10.9 Å². The lowest BCUT2D eigenvalue weighted by atomic mass is 9.90. The molecule has 0 spiro atoms. The van der Waals surface area contributed by atoms with Gasteiger partial charge in [0, 0.05) is 54.3 Å². The molecule has 0 unspecified atom stereocenters. The first-order chi connectivity index (χ1) is 21.9. The minimum absolute atomic E-state index is 0.0884. The zero-order chi connectivity index (χ0) is 32.9. The van der Waals surface area contributed by atoms with Crippen LogP contribution >= 0.6 is 11.8 Å². The molecule has 0 aliphatic carbocycles. The summed E-state index contributed by atoms with van der Waals surface area (Å²) in [6, 6.07) is 2.47. The number of carbonyl (C=O) groups excluding carboxylic acids is 2. The number of piperazine rings is 1. The highest BCUT2D eigenvalue weighted by atomic mass is 32.2. The molecule has 46 heavy (non-hydrogen) atoms. The van der Waals surface area contributed by atoms with E-state index in [9.17, 15) is 27.2 Å². The summed E-state index contributed by atoms with van der Waals surface area (Å²) >= 11 is 1.14. The lowest BCUT2D eigenvalue weighted by Gasteiger charge is -2.40. The Hall–Kier alpha value is -3.58. The van der Waals surface area contributed by atoms with Gasteiger partial charge in [-0.2, -0.15) is 22.5 Å². The first-order valence-electron chi connectivity index (χ1n) is 15.5. The Morgan fingerprint density at radius 2 is 1.87 bits per heavy atom. The van der Waals surface area contributed by atoms with Gasteiger partial charge < -0.3 is 14.7 Å². The highest BCUT2D eigenvalue weighted by Crippen LogP contribution is 2.52. The van der Waals surface area contributed by atoms with Crippen LogP contribution in [0.4, 0.5) is 32.4 Å². The number of amides is 3. The van der Waals surface area contributed by atoms with Gasteiger partial charge in [0.15, 0.2) is 5.69 Å². The maximum atomic E-state index is 15.3. The van der Waals surface area contributed by atoms with E-state index in [2.05, 4.69) is 23.4 Å². The van der Waals surface area contributed by atoms with Crippen LogP contribution in [0.2, 0.25) is 0 Å². The van der Waals surface area contributed by atoms with Crippen LogP contribution in [0.3, 0.4) is 0 Å². The number of urea groups is 1. The van der Waals surface area contributed by atoms with E-state index in [1.165, 1.54) is 10.7 Å². The Labute approximate surface area is 268 Å². The van der Waals surface area contributed by atoms with E-state index in [0.717, 1.165) is 68.1 Å². The third kappa shape index (κ3) is 5.87. The van der Waals surface area contributed by atoms with Crippen LogP contribution in [0, 0.1) is 17.6 Å². The van der Waals surface area contributed by atoms with Gasteiger partial charge in [0.25, 0.3) is 5.84 Å². The molecule has 0 N–H and O–H groups in total. The van der Waals surface area contributed by atoms with E-state index < -0.39 is 40.5 Å². The highest BCUT2D eigenvalue weighted by Gasteiger charge is 2.48. The summed E-state index contributed by atoms with van der Waals surface area (Å²) in [5, 5.41) is 0. The molecule has 6 rings (SSSR count). The van der Waals surface area contributed by atoms with Gasteiger partial charge in [-0.1, -0.05) is 13.5 Å². The topological polar surface area (TPSA) is 59.2 Å². The Morgan fingerprint density at radius 1 is 1.13 bits per heavy atom. The van der Waals surface area contributed by atoms with Gasteiger partial charge in [0.2, 0.25) is 5.91 Å². The molecule has 4 aliphatic rings. The molecule has 2 fully saturated rings. The number of carbonyl (C=O) groups is 2. The van der Waals surface area contributed by atoms with Gasteiger partial charge in [0.1, 0.15) is 17.3 Å². The predicted octanol–water partition coefficient (Wildman–Crippen LogP) is 6.56. The van der Waals surface area contributed by atoms with E-state index >= 15 is 4.39 Å². The number of likely N-dealkylation sites (tertiary alicyclic amines) is 1. The summed E-state index contributed by atoms with van der Waals surface area (Å²) in [4.78, 5) is 36.5. The fourth-order valence-corrected chi connectivity index (χ4v) is 8.24. The van der Waals surface area contributed by atoms with Gasteiger partial charge in [-0.3, -0.25) is 4.79 Å². The number of nitrogens with zero attached hydrogens (tertiary/aromatic N) is 5. The minimum atomic E-state index is -4.91. The largest absolute Gasteiger partial charge is 0.546 e. The number of rotatable bonds is 5. The van der Waals surface area contributed by atoms with Crippen LogP contribution in [0.25, 0.3) is 11.1 Å². The third-order valence-corrected chi connectivity index (χ3v) is 10.5. The van der Waals surface area contributed by atoms with Crippen LogP contribution in [0.5, 0.6) is 0 Å². The first kappa shape index (κ1) is 32.4. The summed E-state index contributed by atoms with van der Waals surface area (Å²) in [6.07, 6.45) is -1.25. The molecule has 0 radical (unpaired) electrons. The van der Waals surface area contributed by atoms with Gasteiger partial charge in [0.05, 0.1) is 21.8 Å². The second-order valence-electron chi connectivity index (χ2n) is 12.2. The Kier molecular flexibility index (Phi) is 8.83. The smallest absolute Gasteiger partial charge is 0.335 e. The van der Waals surface area contributed by atoms with Crippen LogP contribution in [0.1, 0.15) is 44.2 Å². The number of hydrogen-bond donors (Lipinski definition) is 0. The number of aliphatic imine (C=N–C) groups is 1.